The molecule has 2 aliphatic rings. The van der Waals surface area contributed by atoms with Gasteiger partial charge in [-0.25, -0.2) is 0 Å². The number of benzene rings is 3. The number of carbonyl (C=O) groups is 2. The van der Waals surface area contributed by atoms with Crippen LogP contribution in [0.15, 0.2) is 128 Å². The molecular weight excluding hydrogens is 464 g/mol. The molecule has 0 heterocycles. The molecule has 3 aromatic carbocycles. The van der Waals surface area contributed by atoms with Crippen molar-refractivity contribution in [3.63, 3.8) is 0 Å². The average molecular weight is 493 g/mol. The minimum absolute atomic E-state index is 0.0289. The topological polar surface area (TPSA) is 34.1 Å². The van der Waals surface area contributed by atoms with Crippen LogP contribution in [0, 0.1) is 5.92 Å². The van der Waals surface area contributed by atoms with E-state index in [0.29, 0.717) is 11.1 Å². The van der Waals surface area contributed by atoms with Gasteiger partial charge in [0.15, 0.2) is 11.6 Å². The minimum Gasteiger partial charge on any atom is -0.288 e. The van der Waals surface area contributed by atoms with Gasteiger partial charge in [-0.1, -0.05) is 117 Å². The highest BCUT2D eigenvalue weighted by Crippen LogP contribution is 2.31. The van der Waals surface area contributed by atoms with Crippen LogP contribution in [0.2, 0.25) is 0 Å². The van der Waals surface area contributed by atoms with Crippen molar-refractivity contribution in [2.45, 2.75) is 6.42 Å². The summed E-state index contributed by atoms with van der Waals surface area (Å²) in [6.07, 6.45) is 19.6. The van der Waals surface area contributed by atoms with Crippen molar-refractivity contribution in [1.82, 2.24) is 0 Å². The Morgan fingerprint density at radius 3 is 2.05 bits per heavy atom. The zero-order chi connectivity index (χ0) is 26.6. The van der Waals surface area contributed by atoms with Crippen LogP contribution in [0.5, 0.6) is 0 Å². The fourth-order valence-corrected chi connectivity index (χ4v) is 5.05. The van der Waals surface area contributed by atoms with E-state index >= 15 is 0 Å². The first-order valence-electron chi connectivity index (χ1n) is 12.6. The molecule has 2 heteroatoms. The lowest BCUT2D eigenvalue weighted by atomic mass is 9.87. The van der Waals surface area contributed by atoms with Crippen LogP contribution < -0.4 is 0 Å². The summed E-state index contributed by atoms with van der Waals surface area (Å²) in [6.45, 7) is 11.2. The van der Waals surface area contributed by atoms with Gasteiger partial charge in [-0.3, -0.25) is 9.59 Å². The van der Waals surface area contributed by atoms with Gasteiger partial charge in [0, 0.05) is 17.1 Å². The molecule has 0 bridgehead atoms. The van der Waals surface area contributed by atoms with E-state index in [4.69, 9.17) is 0 Å². The molecule has 0 spiro atoms. The number of rotatable bonds is 7. The number of hydrogen-bond donors (Lipinski definition) is 0. The van der Waals surface area contributed by atoms with Gasteiger partial charge in [0.25, 0.3) is 0 Å². The Labute approximate surface area is 223 Å². The van der Waals surface area contributed by atoms with E-state index in [-0.39, 0.29) is 23.1 Å². The van der Waals surface area contributed by atoms with Gasteiger partial charge in [-0.05, 0) is 63.2 Å². The Kier molecular flexibility index (Phi) is 6.97. The van der Waals surface area contributed by atoms with Crippen molar-refractivity contribution in [3.8, 4) is 0 Å². The third-order valence-electron chi connectivity index (χ3n) is 7.02. The molecule has 1 atom stereocenters. The fourth-order valence-electron chi connectivity index (χ4n) is 5.05. The first-order valence-corrected chi connectivity index (χ1v) is 12.6. The number of hydrogen-bond acceptors (Lipinski definition) is 2. The second-order valence-corrected chi connectivity index (χ2v) is 9.42. The second-order valence-electron chi connectivity index (χ2n) is 9.42. The van der Waals surface area contributed by atoms with E-state index in [1.807, 2.05) is 6.08 Å². The molecular formula is C36H28O2. The highest BCUT2D eigenvalue weighted by Gasteiger charge is 2.33. The Bertz CT molecular complexity index is 1630. The molecule has 2 nitrogen and oxygen atoms in total. The molecule has 0 radical (unpaired) electrons. The lowest BCUT2D eigenvalue weighted by Gasteiger charge is -2.17. The minimum atomic E-state index is -0.268. The third-order valence-corrected chi connectivity index (χ3v) is 7.02. The fraction of sp³-hybridized carbons (Fsp3) is 0.0556. The molecule has 0 aromatic heterocycles. The van der Waals surface area contributed by atoms with E-state index in [2.05, 4.69) is 105 Å². The summed E-state index contributed by atoms with van der Waals surface area (Å²) in [7, 11) is 0. The number of fused-ring (bicyclic) bond motifs is 2. The first kappa shape index (κ1) is 24.9. The Morgan fingerprint density at radius 2 is 1.42 bits per heavy atom. The molecule has 0 amide bonds. The predicted octanol–water partition coefficient (Wildman–Crippen LogP) is 8.14. The Hall–Kier alpha value is -4.82. The van der Waals surface area contributed by atoms with Crippen molar-refractivity contribution in [2.75, 3.05) is 0 Å². The van der Waals surface area contributed by atoms with Gasteiger partial charge < -0.3 is 0 Å². The van der Waals surface area contributed by atoms with Gasteiger partial charge in [0.05, 0.1) is 5.57 Å². The van der Waals surface area contributed by atoms with E-state index in [1.165, 1.54) is 28.5 Å². The van der Waals surface area contributed by atoms with Crippen LogP contribution in [0.3, 0.4) is 0 Å². The zero-order valence-corrected chi connectivity index (χ0v) is 21.2. The molecule has 0 saturated carbocycles. The number of allylic oxidation sites excluding steroid dienone is 9. The summed E-state index contributed by atoms with van der Waals surface area (Å²) in [5.74, 6) is -0.565. The summed E-state index contributed by atoms with van der Waals surface area (Å²) in [6, 6.07) is 19.2. The van der Waals surface area contributed by atoms with Crippen LogP contribution in [0.4, 0.5) is 0 Å². The van der Waals surface area contributed by atoms with Crippen LogP contribution in [-0.2, 0) is 16.0 Å². The maximum atomic E-state index is 12.7. The molecule has 184 valence electrons. The molecule has 0 N–H and O–H groups in total. The lowest BCUT2D eigenvalue weighted by Crippen LogP contribution is -2.10. The summed E-state index contributed by atoms with van der Waals surface area (Å²) >= 11 is 0. The Balaban J connectivity index is 1.39. The summed E-state index contributed by atoms with van der Waals surface area (Å²) in [4.78, 5) is 25.4. The van der Waals surface area contributed by atoms with Crippen molar-refractivity contribution in [3.05, 3.63) is 155 Å². The lowest BCUT2D eigenvalue weighted by molar-refractivity contribution is -0.115. The highest BCUT2D eigenvalue weighted by atomic mass is 16.2. The van der Waals surface area contributed by atoms with Gasteiger partial charge in [-0.15, -0.1) is 0 Å². The largest absolute Gasteiger partial charge is 0.288 e. The standard InChI is InChI=1S/C36H28O2/c1-4-7-10-26-22-27-11-8-9-12-28(27)23-31(26)17-14-24-13-16-30-20-25(15-18-29(30)19-24)21-34-35(37)32(5-2)33(6-3)36(34)38/h4-19,21-23,25H,1-3,20H2/b10-7+,17-14-. The molecule has 1 unspecified atom stereocenters. The molecule has 38 heavy (non-hydrogen) atoms. The molecule has 0 fully saturated rings. The summed E-state index contributed by atoms with van der Waals surface area (Å²) in [5.41, 5.74) is 6.60. The maximum absolute atomic E-state index is 12.7. The summed E-state index contributed by atoms with van der Waals surface area (Å²) in [5, 5.41) is 2.40. The monoisotopic (exact) mass is 492 g/mol. The van der Waals surface area contributed by atoms with E-state index in [1.54, 1.807) is 12.2 Å². The van der Waals surface area contributed by atoms with Crippen LogP contribution >= 0.6 is 0 Å². The SMILES string of the molecule is C=C/C=C/c1cc2ccccc2cc1/C=C\c1ccc2c(c1)C=CC(C=C1C(=O)C(C=C)=C(C=C)C1=O)C2. The second kappa shape index (κ2) is 10.7. The summed E-state index contributed by atoms with van der Waals surface area (Å²) < 4.78 is 0. The smallest absolute Gasteiger partial charge is 0.197 e. The van der Waals surface area contributed by atoms with Crippen molar-refractivity contribution < 1.29 is 9.59 Å². The molecule has 2 aliphatic carbocycles. The molecule has 3 aromatic rings. The van der Waals surface area contributed by atoms with Gasteiger partial charge in [-0.2, -0.15) is 0 Å². The first-order chi connectivity index (χ1) is 18.5. The van der Waals surface area contributed by atoms with Gasteiger partial charge in [0.2, 0.25) is 0 Å². The van der Waals surface area contributed by atoms with Crippen LogP contribution in [0.25, 0.3) is 35.1 Å². The van der Waals surface area contributed by atoms with Crippen molar-refractivity contribution in [2.24, 2.45) is 5.92 Å². The molecule has 0 aliphatic heterocycles. The van der Waals surface area contributed by atoms with Gasteiger partial charge in [0.1, 0.15) is 0 Å². The number of Topliss-reactive ketones (excluding diaryl/α,β-unsaturated/α-hetero) is 2. The van der Waals surface area contributed by atoms with Crippen molar-refractivity contribution in [1.29, 1.82) is 0 Å². The quantitative estimate of drug-likeness (QED) is 0.144. The number of carbonyl (C=O) groups excluding carboxylic acids is 2. The van der Waals surface area contributed by atoms with E-state index in [9.17, 15) is 9.59 Å². The van der Waals surface area contributed by atoms with E-state index in [0.717, 1.165) is 28.7 Å². The van der Waals surface area contributed by atoms with E-state index < -0.39 is 0 Å². The zero-order valence-electron chi connectivity index (χ0n) is 21.2. The number of ketones is 2. The van der Waals surface area contributed by atoms with Gasteiger partial charge >= 0.3 is 0 Å². The van der Waals surface area contributed by atoms with Crippen molar-refractivity contribution >= 4 is 46.6 Å². The van der Waals surface area contributed by atoms with Crippen LogP contribution in [-0.4, -0.2) is 11.6 Å². The Morgan fingerprint density at radius 1 is 0.763 bits per heavy atom. The normalized spacial score (nSPS) is 17.1. The van der Waals surface area contributed by atoms with Crippen LogP contribution in [0.1, 0.15) is 27.8 Å². The molecule has 0 saturated heterocycles. The molecule has 5 rings (SSSR count). The maximum Gasteiger partial charge on any atom is 0.197 e. The third kappa shape index (κ3) is 4.77. The average Bonchev–Trinajstić information content (AvgIpc) is 3.17. The predicted molar refractivity (Wildman–Crippen MR) is 160 cm³/mol. The highest BCUT2D eigenvalue weighted by molar-refractivity contribution is 6.39.